The first-order valence-corrected chi connectivity index (χ1v) is 8.10. The van der Waals surface area contributed by atoms with Crippen molar-refractivity contribution in [2.45, 2.75) is 30.5 Å². The lowest BCUT2D eigenvalue weighted by Crippen LogP contribution is -2.75. The van der Waals surface area contributed by atoms with Gasteiger partial charge in [-0.1, -0.05) is 48.5 Å². The first-order valence-electron chi connectivity index (χ1n) is 8.10. The van der Waals surface area contributed by atoms with E-state index in [9.17, 15) is 4.79 Å². The molecule has 0 saturated carbocycles. The average Bonchev–Trinajstić information content (AvgIpc) is 2.87. The van der Waals surface area contributed by atoms with Crippen molar-refractivity contribution >= 4 is 11.6 Å². The highest BCUT2D eigenvalue weighted by molar-refractivity contribution is 6.00. The second-order valence-electron chi connectivity index (χ2n) is 6.48. The van der Waals surface area contributed by atoms with Crippen molar-refractivity contribution < 1.29 is 9.63 Å². The second-order valence-corrected chi connectivity index (χ2v) is 6.48. The van der Waals surface area contributed by atoms with Crippen LogP contribution in [0, 0.1) is 0 Å². The highest BCUT2D eigenvalue weighted by atomic mass is 16.7. The van der Waals surface area contributed by atoms with Gasteiger partial charge in [0.25, 0.3) is 0 Å². The van der Waals surface area contributed by atoms with E-state index in [2.05, 4.69) is 41.5 Å². The van der Waals surface area contributed by atoms with Crippen molar-refractivity contribution in [3.05, 3.63) is 65.7 Å². The van der Waals surface area contributed by atoms with Crippen LogP contribution in [0.25, 0.3) is 0 Å². The van der Waals surface area contributed by atoms with E-state index in [1.807, 2.05) is 23.1 Å². The predicted molar refractivity (Wildman–Crippen MR) is 86.7 cm³/mol. The van der Waals surface area contributed by atoms with E-state index in [0.717, 1.165) is 12.1 Å². The molecule has 1 amide bonds. The number of hydrogen-bond acceptors (Lipinski definition) is 3. The number of hydrogen-bond donors (Lipinski definition) is 0. The fourth-order valence-electron chi connectivity index (χ4n) is 4.91. The Labute approximate surface area is 135 Å². The van der Waals surface area contributed by atoms with E-state index >= 15 is 0 Å². The predicted octanol–water partition coefficient (Wildman–Crippen LogP) is 3.01. The normalized spacial score (nSPS) is 31.5. The lowest BCUT2D eigenvalue weighted by molar-refractivity contribution is -0.294. The molecule has 2 aromatic carbocycles. The fraction of sp³-hybridized carbons (Fsp3) is 0.316. The third-order valence-corrected chi connectivity index (χ3v) is 5.66. The van der Waals surface area contributed by atoms with Gasteiger partial charge in [-0.3, -0.25) is 9.69 Å². The first kappa shape index (κ1) is 13.3. The molecule has 0 unspecified atom stereocenters. The Balaban J connectivity index is 1.81. The summed E-state index contributed by atoms with van der Waals surface area (Å²) in [5.41, 5.74) is 3.10. The smallest absolute Gasteiger partial charge is 0.227 e. The number of rotatable bonds is 2. The van der Waals surface area contributed by atoms with Crippen molar-refractivity contribution in [2.24, 2.45) is 0 Å². The van der Waals surface area contributed by atoms with Crippen molar-refractivity contribution in [3.8, 4) is 0 Å². The summed E-state index contributed by atoms with van der Waals surface area (Å²) in [4.78, 5) is 20.6. The van der Waals surface area contributed by atoms with Gasteiger partial charge in [0, 0.05) is 12.1 Å². The molecule has 0 aromatic heterocycles. The number of anilines is 1. The molecule has 116 valence electrons. The molecular formula is C19H18N2O2. The van der Waals surface area contributed by atoms with Gasteiger partial charge < -0.3 is 4.84 Å². The minimum absolute atomic E-state index is 0.0698. The third kappa shape index (κ3) is 1.37. The largest absolute Gasteiger partial charge is 0.301 e. The van der Waals surface area contributed by atoms with E-state index in [0.29, 0.717) is 6.42 Å². The van der Waals surface area contributed by atoms with Crippen LogP contribution >= 0.6 is 0 Å². The minimum Gasteiger partial charge on any atom is -0.301 e. The Morgan fingerprint density at radius 1 is 1.09 bits per heavy atom. The van der Waals surface area contributed by atoms with Crippen molar-refractivity contribution in [1.29, 1.82) is 0 Å². The highest BCUT2D eigenvalue weighted by Gasteiger charge is 2.72. The van der Waals surface area contributed by atoms with Gasteiger partial charge in [0.1, 0.15) is 5.54 Å². The summed E-state index contributed by atoms with van der Waals surface area (Å²) in [6, 6.07) is 18.9. The Bertz CT molecular complexity index is 791. The molecule has 3 aliphatic rings. The van der Waals surface area contributed by atoms with Gasteiger partial charge in [0.15, 0.2) is 0 Å². The molecule has 3 atom stereocenters. The van der Waals surface area contributed by atoms with Gasteiger partial charge in [0.2, 0.25) is 5.91 Å². The molecule has 5 rings (SSSR count). The quantitative estimate of drug-likeness (QED) is 0.855. The highest BCUT2D eigenvalue weighted by Crippen LogP contribution is 2.67. The van der Waals surface area contributed by atoms with Crippen molar-refractivity contribution in [1.82, 2.24) is 5.06 Å². The molecule has 0 N–H and O–H groups in total. The second kappa shape index (κ2) is 4.43. The third-order valence-electron chi connectivity index (χ3n) is 5.66. The van der Waals surface area contributed by atoms with E-state index in [-0.39, 0.29) is 23.5 Å². The molecule has 3 aliphatic heterocycles. The van der Waals surface area contributed by atoms with Crippen LogP contribution < -0.4 is 4.90 Å². The number of carbonyl (C=O) groups excluding carboxylic acids is 1. The summed E-state index contributed by atoms with van der Waals surface area (Å²) < 4.78 is 0. The molecular weight excluding hydrogens is 288 g/mol. The number of fused-ring (bicyclic) bond motifs is 3. The van der Waals surface area contributed by atoms with E-state index in [4.69, 9.17) is 4.84 Å². The molecule has 2 saturated heterocycles. The summed E-state index contributed by atoms with van der Waals surface area (Å²) in [6.45, 7) is 0. The SMILES string of the molecule is CON1[C@H]2CCC(=O)N3c4ccccc4[C@@H]1[C@@]23c1ccccc1. The molecule has 2 aromatic rings. The maximum Gasteiger partial charge on any atom is 0.227 e. The summed E-state index contributed by atoms with van der Waals surface area (Å²) in [5.74, 6) is 0.218. The molecule has 0 radical (unpaired) electrons. The Kier molecular flexibility index (Phi) is 2.56. The van der Waals surface area contributed by atoms with E-state index < -0.39 is 0 Å². The zero-order valence-electron chi connectivity index (χ0n) is 13.0. The van der Waals surface area contributed by atoms with Crippen LogP contribution in [-0.4, -0.2) is 24.1 Å². The number of amides is 1. The Morgan fingerprint density at radius 3 is 2.61 bits per heavy atom. The van der Waals surface area contributed by atoms with Crippen LogP contribution in [0.4, 0.5) is 5.69 Å². The van der Waals surface area contributed by atoms with Gasteiger partial charge in [0.05, 0.1) is 19.2 Å². The van der Waals surface area contributed by atoms with Crippen LogP contribution in [-0.2, 0) is 15.2 Å². The Hall–Kier alpha value is -2.17. The monoisotopic (exact) mass is 306 g/mol. The summed E-state index contributed by atoms with van der Waals surface area (Å²) in [5, 5.41) is 2.08. The van der Waals surface area contributed by atoms with Gasteiger partial charge in [-0.25, -0.2) is 0 Å². The Morgan fingerprint density at radius 2 is 1.83 bits per heavy atom. The number of benzene rings is 2. The van der Waals surface area contributed by atoms with Crippen molar-refractivity contribution in [3.63, 3.8) is 0 Å². The van der Waals surface area contributed by atoms with E-state index in [1.54, 1.807) is 7.11 Å². The number of nitrogens with zero attached hydrogens (tertiary/aromatic N) is 2. The van der Waals surface area contributed by atoms with Gasteiger partial charge >= 0.3 is 0 Å². The van der Waals surface area contributed by atoms with Crippen LogP contribution in [0.2, 0.25) is 0 Å². The van der Waals surface area contributed by atoms with Crippen LogP contribution in [0.1, 0.15) is 30.0 Å². The van der Waals surface area contributed by atoms with E-state index in [1.165, 1.54) is 11.1 Å². The number of para-hydroxylation sites is 1. The number of carbonyl (C=O) groups is 1. The first-order chi connectivity index (χ1) is 11.3. The van der Waals surface area contributed by atoms with Crippen LogP contribution in [0.3, 0.4) is 0 Å². The fourth-order valence-corrected chi connectivity index (χ4v) is 4.91. The maximum atomic E-state index is 12.8. The molecule has 23 heavy (non-hydrogen) atoms. The molecule has 0 spiro atoms. The lowest BCUT2D eigenvalue weighted by Gasteiger charge is -2.63. The molecule has 0 aliphatic carbocycles. The topological polar surface area (TPSA) is 32.8 Å². The summed E-state index contributed by atoms with van der Waals surface area (Å²) in [6.07, 6.45) is 1.41. The molecule has 4 nitrogen and oxygen atoms in total. The van der Waals surface area contributed by atoms with Crippen molar-refractivity contribution in [2.75, 3.05) is 12.0 Å². The van der Waals surface area contributed by atoms with Crippen LogP contribution in [0.5, 0.6) is 0 Å². The summed E-state index contributed by atoms with van der Waals surface area (Å²) in [7, 11) is 1.73. The lowest BCUT2D eigenvalue weighted by atomic mass is 9.65. The van der Waals surface area contributed by atoms with Crippen LogP contribution in [0.15, 0.2) is 54.6 Å². The molecule has 0 bridgehead atoms. The van der Waals surface area contributed by atoms with Gasteiger partial charge in [-0.15, -0.1) is 0 Å². The average molecular weight is 306 g/mol. The minimum atomic E-state index is -0.323. The maximum absolute atomic E-state index is 12.8. The molecule has 3 heterocycles. The zero-order valence-corrected chi connectivity index (χ0v) is 13.0. The molecule has 2 fully saturated rings. The number of piperidine rings is 1. The van der Waals surface area contributed by atoms with Gasteiger partial charge in [-0.05, 0) is 23.6 Å². The number of hydroxylamine groups is 2. The zero-order chi connectivity index (χ0) is 15.6. The summed E-state index contributed by atoms with van der Waals surface area (Å²) >= 11 is 0. The standard InChI is InChI=1S/C19H18N2O2/c1-23-21-16-11-12-17(22)20-15-10-6-5-9-14(15)18(21)19(16,20)13-7-3-2-4-8-13/h2-10,16,18H,11-12H2,1H3/t16-,18+,19+/m0/s1. The van der Waals surface area contributed by atoms with Gasteiger partial charge in [-0.2, -0.15) is 5.06 Å². The molecule has 4 heteroatoms.